The van der Waals surface area contributed by atoms with Crippen LogP contribution in [0.2, 0.25) is 0 Å². The van der Waals surface area contributed by atoms with Gasteiger partial charge in [0.05, 0.1) is 11.6 Å². The van der Waals surface area contributed by atoms with Crippen LogP contribution in [0.25, 0.3) is 0 Å². The summed E-state index contributed by atoms with van der Waals surface area (Å²) in [7, 11) is 0. The summed E-state index contributed by atoms with van der Waals surface area (Å²) in [5.74, 6) is -3.59. The first-order chi connectivity index (χ1) is 17.7. The molecule has 0 aliphatic heterocycles. The number of ketones is 1. The van der Waals surface area contributed by atoms with Crippen LogP contribution in [0.4, 0.5) is 0 Å². The van der Waals surface area contributed by atoms with Crippen molar-refractivity contribution in [2.45, 2.75) is 97.8 Å². The number of pyridine rings is 1. The van der Waals surface area contributed by atoms with E-state index < -0.39 is 53.0 Å². The van der Waals surface area contributed by atoms with Gasteiger partial charge in [0.1, 0.15) is 12.1 Å². The Morgan fingerprint density at radius 1 is 0.895 bits per heavy atom. The van der Waals surface area contributed by atoms with Crippen LogP contribution in [0.15, 0.2) is 23.1 Å². The van der Waals surface area contributed by atoms with Gasteiger partial charge in [-0.2, -0.15) is 0 Å². The number of hydrogen-bond donors (Lipinski definition) is 5. The van der Waals surface area contributed by atoms with Crippen LogP contribution in [0.5, 0.6) is 0 Å². The van der Waals surface area contributed by atoms with Crippen molar-refractivity contribution in [3.05, 3.63) is 34.2 Å². The van der Waals surface area contributed by atoms with Gasteiger partial charge in [-0.1, -0.05) is 53.9 Å². The molecule has 1 aromatic rings. The fraction of sp³-hybridized carbons (Fsp3) is 0.630. The molecule has 38 heavy (non-hydrogen) atoms. The van der Waals surface area contributed by atoms with Crippen molar-refractivity contribution < 1.29 is 24.0 Å². The van der Waals surface area contributed by atoms with Crippen LogP contribution in [0.1, 0.15) is 84.0 Å². The van der Waals surface area contributed by atoms with Gasteiger partial charge >= 0.3 is 0 Å². The van der Waals surface area contributed by atoms with Gasteiger partial charge in [0.25, 0.3) is 11.8 Å². The molecule has 1 heterocycles. The van der Waals surface area contributed by atoms with Crippen molar-refractivity contribution in [1.29, 1.82) is 0 Å². The number of H-pyrrole nitrogens is 1. The Morgan fingerprint density at radius 2 is 1.53 bits per heavy atom. The Balaban J connectivity index is 2.03. The molecule has 1 saturated carbocycles. The van der Waals surface area contributed by atoms with Gasteiger partial charge in [0, 0.05) is 18.3 Å². The zero-order chi connectivity index (χ0) is 28.6. The minimum atomic E-state index is -1.05. The van der Waals surface area contributed by atoms with Crippen molar-refractivity contribution in [2.24, 2.45) is 11.3 Å². The zero-order valence-corrected chi connectivity index (χ0v) is 23.1. The number of aromatic amines is 1. The zero-order valence-electron chi connectivity index (χ0n) is 23.1. The number of nitrogens with one attached hydrogen (secondary N) is 5. The first-order valence-electron chi connectivity index (χ1n) is 13.2. The van der Waals surface area contributed by atoms with Gasteiger partial charge < -0.3 is 26.3 Å². The van der Waals surface area contributed by atoms with E-state index in [9.17, 15) is 28.8 Å². The lowest BCUT2D eigenvalue weighted by Crippen LogP contribution is -2.59. The summed E-state index contributed by atoms with van der Waals surface area (Å²) in [5, 5.41) is 10.6. The number of Topliss-reactive ketones (excluding diaryl/α,β-unsaturated/α-hetero) is 1. The molecule has 11 heteroatoms. The predicted molar refractivity (Wildman–Crippen MR) is 142 cm³/mol. The highest BCUT2D eigenvalue weighted by atomic mass is 16.2. The molecular weight excluding hydrogens is 490 g/mol. The van der Waals surface area contributed by atoms with Crippen LogP contribution in [-0.2, 0) is 19.2 Å². The Kier molecular flexibility index (Phi) is 10.8. The second-order valence-electron chi connectivity index (χ2n) is 11.3. The van der Waals surface area contributed by atoms with Gasteiger partial charge in [-0.25, -0.2) is 0 Å². The normalized spacial score (nSPS) is 16.6. The molecule has 5 N–H and O–H groups in total. The number of hydrogen-bond acceptors (Lipinski definition) is 6. The molecule has 1 aliphatic carbocycles. The van der Waals surface area contributed by atoms with Gasteiger partial charge in [-0.3, -0.25) is 28.8 Å². The van der Waals surface area contributed by atoms with Crippen molar-refractivity contribution in [1.82, 2.24) is 26.3 Å². The number of amides is 4. The number of carbonyl (C=O) groups excluding carboxylic acids is 5. The van der Waals surface area contributed by atoms with Gasteiger partial charge in [0.15, 0.2) is 0 Å². The van der Waals surface area contributed by atoms with Crippen molar-refractivity contribution >= 4 is 29.4 Å². The van der Waals surface area contributed by atoms with Crippen LogP contribution in [-0.4, -0.2) is 58.6 Å². The van der Waals surface area contributed by atoms with E-state index in [0.717, 1.165) is 32.1 Å². The van der Waals surface area contributed by atoms with Crippen molar-refractivity contribution in [3.8, 4) is 0 Å². The molecule has 210 valence electrons. The Bertz CT molecular complexity index is 1060. The van der Waals surface area contributed by atoms with E-state index in [1.165, 1.54) is 25.3 Å². The Morgan fingerprint density at radius 3 is 2.05 bits per heavy atom. The highest BCUT2D eigenvalue weighted by Gasteiger charge is 2.36. The fourth-order valence-corrected chi connectivity index (χ4v) is 4.26. The summed E-state index contributed by atoms with van der Waals surface area (Å²) in [6.45, 7) is 10.2. The molecule has 0 spiro atoms. The minimum Gasteiger partial charge on any atom is -0.347 e. The molecule has 11 nitrogen and oxygen atoms in total. The molecule has 0 saturated heterocycles. The smallest absolute Gasteiger partial charge is 0.289 e. The average molecular weight is 532 g/mol. The quantitative estimate of drug-likeness (QED) is 0.284. The summed E-state index contributed by atoms with van der Waals surface area (Å²) in [6.07, 6.45) is 6.02. The molecule has 1 aromatic heterocycles. The molecule has 0 bridgehead atoms. The van der Waals surface area contributed by atoms with E-state index in [1.54, 1.807) is 34.6 Å². The standard InChI is InChI=1S/C27H41N5O6/c1-15(2)20(21(34)25(37)30-18-10-8-7-9-11-18)31-23(35)16(3)29-26(38)22(27(4,5)6)32-24(36)17-12-13-19(33)28-14-17/h12-16,18,20,22H,7-11H2,1-6H3,(H,28,33)(H,29,38)(H,30,37)(H,31,35)(H,32,36)/t16?,20-,22+/m0/s1. The predicted octanol–water partition coefficient (Wildman–Crippen LogP) is 1.18. The van der Waals surface area contributed by atoms with Gasteiger partial charge in [-0.15, -0.1) is 0 Å². The van der Waals surface area contributed by atoms with Gasteiger partial charge in [-0.05, 0) is 37.2 Å². The second kappa shape index (κ2) is 13.3. The SMILES string of the molecule is CC(NC(=O)[C@@H](NC(=O)c1ccc(=O)[nH]c1)C(C)(C)C)C(=O)N[C@H](C(=O)C(=O)NC1CCCCC1)C(C)C. The highest BCUT2D eigenvalue weighted by molar-refractivity contribution is 6.38. The lowest BCUT2D eigenvalue weighted by molar-refractivity contribution is -0.141. The van der Waals surface area contributed by atoms with Crippen molar-refractivity contribution in [2.75, 3.05) is 0 Å². The molecular formula is C27H41N5O6. The van der Waals surface area contributed by atoms with E-state index in [0.29, 0.717) is 0 Å². The maximum atomic E-state index is 13.1. The number of aromatic nitrogens is 1. The largest absolute Gasteiger partial charge is 0.347 e. The van der Waals surface area contributed by atoms with E-state index in [2.05, 4.69) is 26.3 Å². The Labute approximate surface area is 223 Å². The minimum absolute atomic E-state index is 0.0393. The molecule has 2 rings (SSSR count). The molecule has 1 fully saturated rings. The molecule has 3 atom stereocenters. The van der Waals surface area contributed by atoms with Crippen LogP contribution in [0, 0.1) is 11.3 Å². The first kappa shape index (κ1) is 30.7. The molecule has 0 aromatic carbocycles. The van der Waals surface area contributed by atoms with E-state index >= 15 is 0 Å². The average Bonchev–Trinajstić information content (AvgIpc) is 2.85. The third-order valence-corrected chi connectivity index (χ3v) is 6.61. The monoisotopic (exact) mass is 531 g/mol. The fourth-order valence-electron chi connectivity index (χ4n) is 4.26. The van der Waals surface area contributed by atoms with E-state index in [-0.39, 0.29) is 23.1 Å². The molecule has 0 radical (unpaired) electrons. The van der Waals surface area contributed by atoms with E-state index in [1.807, 2.05) is 0 Å². The number of carbonyl (C=O) groups is 5. The maximum Gasteiger partial charge on any atom is 0.289 e. The second-order valence-corrected chi connectivity index (χ2v) is 11.3. The van der Waals surface area contributed by atoms with Crippen LogP contribution >= 0.6 is 0 Å². The summed E-state index contributed by atoms with van der Waals surface area (Å²) in [5.41, 5.74) is -0.912. The topological polar surface area (TPSA) is 166 Å². The lowest BCUT2D eigenvalue weighted by Gasteiger charge is -2.31. The molecule has 4 amide bonds. The number of rotatable bonds is 10. The van der Waals surface area contributed by atoms with Gasteiger partial charge in [0.2, 0.25) is 23.2 Å². The van der Waals surface area contributed by atoms with Crippen molar-refractivity contribution in [3.63, 3.8) is 0 Å². The summed E-state index contributed by atoms with van der Waals surface area (Å²) >= 11 is 0. The highest BCUT2D eigenvalue weighted by Crippen LogP contribution is 2.20. The van der Waals surface area contributed by atoms with Crippen LogP contribution < -0.4 is 26.8 Å². The molecule has 1 unspecified atom stereocenters. The first-order valence-corrected chi connectivity index (χ1v) is 13.2. The summed E-state index contributed by atoms with van der Waals surface area (Å²) in [6, 6.07) is -0.606. The maximum absolute atomic E-state index is 13.1. The van der Waals surface area contributed by atoms with E-state index in [4.69, 9.17) is 0 Å². The summed E-state index contributed by atoms with van der Waals surface area (Å²) in [4.78, 5) is 77.9. The third-order valence-electron chi connectivity index (χ3n) is 6.61. The molecule has 1 aliphatic rings. The lowest BCUT2D eigenvalue weighted by atomic mass is 9.85. The van der Waals surface area contributed by atoms with Crippen LogP contribution in [0.3, 0.4) is 0 Å². The Hall–Kier alpha value is -3.50. The third kappa shape index (κ3) is 8.81. The summed E-state index contributed by atoms with van der Waals surface area (Å²) < 4.78 is 0.